The highest BCUT2D eigenvalue weighted by molar-refractivity contribution is 4.85. The zero-order chi connectivity index (χ0) is 5.98. The van der Waals surface area contributed by atoms with Gasteiger partial charge in [0.05, 0.1) is 6.10 Å². The molecule has 0 aromatic carbocycles. The second kappa shape index (κ2) is 2.31. The molecule has 0 heterocycles. The van der Waals surface area contributed by atoms with Gasteiger partial charge < -0.3 is 5.11 Å². The van der Waals surface area contributed by atoms with Gasteiger partial charge in [-0.2, -0.15) is 0 Å². The van der Waals surface area contributed by atoms with Crippen LogP contribution in [0.15, 0.2) is 12.7 Å². The molecule has 0 amide bonds. The minimum absolute atomic E-state index is 0.0204. The van der Waals surface area contributed by atoms with Crippen LogP contribution in [0.5, 0.6) is 0 Å². The lowest BCUT2D eigenvalue weighted by Gasteiger charge is -2.31. The third-order valence-corrected chi connectivity index (χ3v) is 1.85. The fourth-order valence-electron chi connectivity index (χ4n) is 1.04. The Balaban J connectivity index is 2.16. The molecular formula is C7H12O. The average molecular weight is 112 g/mol. The van der Waals surface area contributed by atoms with Crippen LogP contribution in [-0.4, -0.2) is 11.2 Å². The monoisotopic (exact) mass is 112 g/mol. The van der Waals surface area contributed by atoms with Crippen molar-refractivity contribution in [3.63, 3.8) is 0 Å². The van der Waals surface area contributed by atoms with Crippen molar-refractivity contribution in [2.45, 2.75) is 25.4 Å². The molecule has 2 atom stereocenters. The van der Waals surface area contributed by atoms with Gasteiger partial charge >= 0.3 is 0 Å². The summed E-state index contributed by atoms with van der Waals surface area (Å²) in [7, 11) is 0. The van der Waals surface area contributed by atoms with Crippen molar-refractivity contribution in [1.29, 1.82) is 0 Å². The molecule has 1 N–H and O–H groups in total. The van der Waals surface area contributed by atoms with Crippen LogP contribution >= 0.6 is 0 Å². The summed E-state index contributed by atoms with van der Waals surface area (Å²) in [5.74, 6) is 0.535. The average Bonchev–Trinajstić information content (AvgIpc) is 1.79. The molecule has 0 aromatic heterocycles. The topological polar surface area (TPSA) is 20.2 Å². The fourth-order valence-corrected chi connectivity index (χ4v) is 1.04. The predicted octanol–water partition coefficient (Wildman–Crippen LogP) is 1.33. The molecular weight excluding hydrogens is 100 g/mol. The molecule has 1 nitrogen and oxygen atoms in total. The Morgan fingerprint density at radius 2 is 2.38 bits per heavy atom. The number of hydrogen-bond acceptors (Lipinski definition) is 1. The Morgan fingerprint density at radius 1 is 1.62 bits per heavy atom. The number of hydrogen-bond donors (Lipinski definition) is 1. The van der Waals surface area contributed by atoms with Gasteiger partial charge in [-0.05, 0) is 25.2 Å². The Hall–Kier alpha value is -0.300. The Morgan fingerprint density at radius 3 is 2.50 bits per heavy atom. The first kappa shape index (κ1) is 5.83. The molecule has 0 bridgehead atoms. The van der Waals surface area contributed by atoms with Crippen molar-refractivity contribution in [2.75, 3.05) is 0 Å². The third kappa shape index (κ3) is 0.920. The van der Waals surface area contributed by atoms with Crippen molar-refractivity contribution in [3.05, 3.63) is 12.7 Å². The first-order chi connectivity index (χ1) is 3.84. The van der Waals surface area contributed by atoms with Crippen molar-refractivity contribution >= 4 is 0 Å². The first-order valence-electron chi connectivity index (χ1n) is 3.13. The molecule has 0 unspecified atom stereocenters. The van der Waals surface area contributed by atoms with Crippen molar-refractivity contribution in [1.82, 2.24) is 0 Å². The maximum absolute atomic E-state index is 8.99. The van der Waals surface area contributed by atoms with Crippen LogP contribution in [-0.2, 0) is 0 Å². The zero-order valence-corrected chi connectivity index (χ0v) is 5.01. The smallest absolute Gasteiger partial charge is 0.0571 e. The summed E-state index contributed by atoms with van der Waals surface area (Å²) in [5.41, 5.74) is 0. The quantitative estimate of drug-likeness (QED) is 0.534. The molecule has 1 fully saturated rings. The van der Waals surface area contributed by atoms with E-state index >= 15 is 0 Å². The minimum Gasteiger partial charge on any atom is -0.393 e. The van der Waals surface area contributed by atoms with E-state index in [2.05, 4.69) is 6.58 Å². The summed E-state index contributed by atoms with van der Waals surface area (Å²) in [5, 5.41) is 8.99. The van der Waals surface area contributed by atoms with Gasteiger partial charge in [0.2, 0.25) is 0 Å². The van der Waals surface area contributed by atoms with E-state index in [1.54, 1.807) is 0 Å². The molecule has 1 aliphatic carbocycles. The summed E-state index contributed by atoms with van der Waals surface area (Å²) >= 11 is 0. The normalized spacial score (nSPS) is 36.1. The third-order valence-electron chi connectivity index (χ3n) is 1.85. The van der Waals surface area contributed by atoms with Gasteiger partial charge in [-0.3, -0.25) is 0 Å². The van der Waals surface area contributed by atoms with E-state index in [9.17, 15) is 0 Å². The Bertz CT molecular complexity index is 88.4. The molecule has 0 aromatic rings. The van der Waals surface area contributed by atoms with E-state index in [1.165, 1.54) is 6.42 Å². The summed E-state index contributed by atoms with van der Waals surface area (Å²) in [6.07, 6.45) is 5.04. The number of allylic oxidation sites excluding steroid dienone is 1. The Kier molecular flexibility index (Phi) is 1.69. The maximum atomic E-state index is 8.99. The standard InChI is InChI=1S/C7H12O/c1-2-3-6-4-5-7(6)8/h2,6-8H,1,3-5H2/t6-,7+/m0/s1. The van der Waals surface area contributed by atoms with Crippen molar-refractivity contribution in [2.24, 2.45) is 5.92 Å². The van der Waals surface area contributed by atoms with Gasteiger partial charge in [-0.1, -0.05) is 6.08 Å². The lowest BCUT2D eigenvalue weighted by Crippen LogP contribution is -2.30. The van der Waals surface area contributed by atoms with E-state index in [0.717, 1.165) is 12.8 Å². The summed E-state index contributed by atoms with van der Waals surface area (Å²) < 4.78 is 0. The predicted molar refractivity (Wildman–Crippen MR) is 33.5 cm³/mol. The fraction of sp³-hybridized carbons (Fsp3) is 0.714. The maximum Gasteiger partial charge on any atom is 0.0571 e. The highest BCUT2D eigenvalue weighted by atomic mass is 16.3. The molecule has 8 heavy (non-hydrogen) atoms. The van der Waals surface area contributed by atoms with E-state index in [1.807, 2.05) is 6.08 Å². The zero-order valence-electron chi connectivity index (χ0n) is 5.01. The van der Waals surface area contributed by atoms with E-state index in [0.29, 0.717) is 5.92 Å². The molecule has 1 saturated carbocycles. The second-order valence-corrected chi connectivity index (χ2v) is 2.43. The van der Waals surface area contributed by atoms with Crippen LogP contribution in [0.4, 0.5) is 0 Å². The van der Waals surface area contributed by atoms with Gasteiger partial charge in [0.25, 0.3) is 0 Å². The molecule has 1 aliphatic rings. The lowest BCUT2D eigenvalue weighted by atomic mass is 9.80. The number of aliphatic hydroxyl groups excluding tert-OH is 1. The molecule has 1 heteroatoms. The van der Waals surface area contributed by atoms with E-state index < -0.39 is 0 Å². The summed E-state index contributed by atoms with van der Waals surface area (Å²) in [4.78, 5) is 0. The largest absolute Gasteiger partial charge is 0.393 e. The highest BCUT2D eigenvalue weighted by Crippen LogP contribution is 2.29. The first-order valence-corrected chi connectivity index (χ1v) is 3.13. The molecule has 0 aliphatic heterocycles. The second-order valence-electron chi connectivity index (χ2n) is 2.43. The van der Waals surface area contributed by atoms with Gasteiger partial charge in [-0.15, -0.1) is 6.58 Å². The van der Waals surface area contributed by atoms with Crippen LogP contribution in [0, 0.1) is 5.92 Å². The highest BCUT2D eigenvalue weighted by Gasteiger charge is 2.26. The molecule has 0 radical (unpaired) electrons. The van der Waals surface area contributed by atoms with Crippen molar-refractivity contribution < 1.29 is 5.11 Å². The van der Waals surface area contributed by atoms with Crippen molar-refractivity contribution in [3.8, 4) is 0 Å². The minimum atomic E-state index is -0.0204. The molecule has 1 rings (SSSR count). The van der Waals surface area contributed by atoms with E-state index in [4.69, 9.17) is 5.11 Å². The Labute approximate surface area is 50.0 Å². The molecule has 0 spiro atoms. The summed E-state index contributed by atoms with van der Waals surface area (Å²) in [6, 6.07) is 0. The van der Waals surface area contributed by atoms with Gasteiger partial charge in [0.1, 0.15) is 0 Å². The van der Waals surface area contributed by atoms with E-state index in [-0.39, 0.29) is 6.10 Å². The molecule has 46 valence electrons. The molecule has 0 saturated heterocycles. The van der Waals surface area contributed by atoms with Gasteiger partial charge in [0, 0.05) is 0 Å². The lowest BCUT2D eigenvalue weighted by molar-refractivity contribution is 0.0259. The van der Waals surface area contributed by atoms with Crippen LogP contribution < -0.4 is 0 Å². The van der Waals surface area contributed by atoms with Crippen LogP contribution in [0.3, 0.4) is 0 Å². The van der Waals surface area contributed by atoms with Gasteiger partial charge in [0.15, 0.2) is 0 Å². The SMILES string of the molecule is C=CC[C@H]1CC[C@H]1O. The van der Waals surface area contributed by atoms with Crippen LogP contribution in [0.1, 0.15) is 19.3 Å². The number of aliphatic hydroxyl groups is 1. The summed E-state index contributed by atoms with van der Waals surface area (Å²) in [6.45, 7) is 3.61. The van der Waals surface area contributed by atoms with Crippen LogP contribution in [0.25, 0.3) is 0 Å². The van der Waals surface area contributed by atoms with Gasteiger partial charge in [-0.25, -0.2) is 0 Å². The number of rotatable bonds is 2. The van der Waals surface area contributed by atoms with Crippen LogP contribution in [0.2, 0.25) is 0 Å².